The molecule has 120 valence electrons. The molecule has 0 aromatic heterocycles. The van der Waals surface area contributed by atoms with Gasteiger partial charge in [0.15, 0.2) is 0 Å². The Bertz CT molecular complexity index is 737. The van der Waals surface area contributed by atoms with Crippen LogP contribution in [0, 0.1) is 15.9 Å². The van der Waals surface area contributed by atoms with Gasteiger partial charge in [-0.3, -0.25) is 20.2 Å². The van der Waals surface area contributed by atoms with Gasteiger partial charge in [0, 0.05) is 12.6 Å². The Labute approximate surface area is 132 Å². The van der Waals surface area contributed by atoms with E-state index in [1.165, 1.54) is 12.1 Å². The van der Waals surface area contributed by atoms with Crippen molar-refractivity contribution in [2.24, 2.45) is 5.73 Å². The molecule has 0 heterocycles. The van der Waals surface area contributed by atoms with Crippen molar-refractivity contribution < 1.29 is 14.1 Å². The molecule has 1 amide bonds. The second kappa shape index (κ2) is 6.53. The fourth-order valence-corrected chi connectivity index (χ4v) is 2.26. The SMILES string of the molecule is CC(NCc1c(F)cccc1[N+](=O)[O-])(C(N)=O)c1ccccc1. The van der Waals surface area contributed by atoms with Crippen molar-refractivity contribution in [1.29, 1.82) is 0 Å². The summed E-state index contributed by atoms with van der Waals surface area (Å²) >= 11 is 0. The molecule has 0 saturated carbocycles. The maximum Gasteiger partial charge on any atom is 0.276 e. The average Bonchev–Trinajstić information content (AvgIpc) is 2.53. The number of benzene rings is 2. The molecule has 0 fully saturated rings. The van der Waals surface area contributed by atoms with E-state index in [9.17, 15) is 19.3 Å². The minimum atomic E-state index is -1.28. The Morgan fingerprint density at radius 3 is 2.48 bits per heavy atom. The Morgan fingerprint density at radius 2 is 1.91 bits per heavy atom. The molecule has 0 aliphatic carbocycles. The van der Waals surface area contributed by atoms with E-state index in [0.29, 0.717) is 5.56 Å². The molecule has 23 heavy (non-hydrogen) atoms. The Hall–Kier alpha value is -2.80. The predicted octanol–water partition coefficient (Wildman–Crippen LogP) is 2.22. The van der Waals surface area contributed by atoms with E-state index in [-0.39, 0.29) is 17.8 Å². The molecule has 0 spiro atoms. The Morgan fingerprint density at radius 1 is 1.26 bits per heavy atom. The van der Waals surface area contributed by atoms with Gasteiger partial charge in [-0.25, -0.2) is 4.39 Å². The lowest BCUT2D eigenvalue weighted by Crippen LogP contribution is -2.50. The molecule has 3 N–H and O–H groups in total. The minimum absolute atomic E-state index is 0.124. The maximum atomic E-state index is 13.9. The van der Waals surface area contributed by atoms with Crippen LogP contribution >= 0.6 is 0 Å². The van der Waals surface area contributed by atoms with Gasteiger partial charge in [0.2, 0.25) is 5.91 Å². The smallest absolute Gasteiger partial charge is 0.276 e. The first-order chi connectivity index (χ1) is 10.9. The third kappa shape index (κ3) is 3.35. The van der Waals surface area contributed by atoms with Gasteiger partial charge in [-0.05, 0) is 18.6 Å². The molecule has 2 aromatic rings. The lowest BCUT2D eigenvalue weighted by atomic mass is 9.91. The van der Waals surface area contributed by atoms with Gasteiger partial charge in [-0.1, -0.05) is 36.4 Å². The molecular formula is C16H16FN3O3. The molecular weight excluding hydrogens is 301 g/mol. The summed E-state index contributed by atoms with van der Waals surface area (Å²) in [6.07, 6.45) is 0. The molecule has 0 bridgehead atoms. The Kier molecular flexibility index (Phi) is 4.71. The number of primary amides is 1. The first-order valence-corrected chi connectivity index (χ1v) is 6.88. The van der Waals surface area contributed by atoms with Crippen LogP contribution in [0.3, 0.4) is 0 Å². The van der Waals surface area contributed by atoms with E-state index in [0.717, 1.165) is 6.07 Å². The molecule has 7 heteroatoms. The van der Waals surface area contributed by atoms with Crippen molar-refractivity contribution in [3.63, 3.8) is 0 Å². The van der Waals surface area contributed by atoms with Gasteiger partial charge in [0.05, 0.1) is 10.5 Å². The summed E-state index contributed by atoms with van der Waals surface area (Å²) in [6, 6.07) is 12.3. The van der Waals surface area contributed by atoms with Crippen LogP contribution in [0.1, 0.15) is 18.1 Å². The number of hydrogen-bond donors (Lipinski definition) is 2. The second-order valence-corrected chi connectivity index (χ2v) is 5.20. The number of rotatable bonds is 6. The summed E-state index contributed by atoms with van der Waals surface area (Å²) in [5, 5.41) is 13.9. The van der Waals surface area contributed by atoms with E-state index >= 15 is 0 Å². The predicted molar refractivity (Wildman–Crippen MR) is 82.9 cm³/mol. The van der Waals surface area contributed by atoms with Crippen LogP contribution in [0.25, 0.3) is 0 Å². The van der Waals surface area contributed by atoms with Gasteiger partial charge in [0.25, 0.3) is 5.69 Å². The lowest BCUT2D eigenvalue weighted by Gasteiger charge is -2.28. The standard InChI is InChI=1S/C16H16FN3O3/c1-16(15(18)21,11-6-3-2-4-7-11)19-10-12-13(17)8-5-9-14(12)20(22)23/h2-9,19H,10H2,1H3,(H2,18,21). The lowest BCUT2D eigenvalue weighted by molar-refractivity contribution is -0.385. The first-order valence-electron chi connectivity index (χ1n) is 6.88. The number of carbonyl (C=O) groups excluding carboxylic acids is 1. The number of amides is 1. The zero-order valence-electron chi connectivity index (χ0n) is 12.5. The van der Waals surface area contributed by atoms with Crippen LogP contribution in [0.15, 0.2) is 48.5 Å². The first kappa shape index (κ1) is 16.6. The third-order valence-corrected chi connectivity index (χ3v) is 3.75. The number of nitrogens with zero attached hydrogens (tertiary/aromatic N) is 1. The highest BCUT2D eigenvalue weighted by Crippen LogP contribution is 2.25. The van der Waals surface area contributed by atoms with E-state index in [1.807, 2.05) is 0 Å². The number of nitrogens with two attached hydrogens (primary N) is 1. The number of nitro benzene ring substituents is 1. The summed E-state index contributed by atoms with van der Waals surface area (Å²) in [5.74, 6) is -1.38. The van der Waals surface area contributed by atoms with Gasteiger partial charge in [-0.2, -0.15) is 0 Å². The topological polar surface area (TPSA) is 98.3 Å². The third-order valence-electron chi connectivity index (χ3n) is 3.75. The second-order valence-electron chi connectivity index (χ2n) is 5.20. The highest BCUT2D eigenvalue weighted by molar-refractivity contribution is 5.85. The summed E-state index contributed by atoms with van der Waals surface area (Å²) in [6.45, 7) is 1.34. The van der Waals surface area contributed by atoms with E-state index in [2.05, 4.69) is 5.32 Å². The van der Waals surface area contributed by atoms with Crippen LogP contribution in [0.5, 0.6) is 0 Å². The summed E-state index contributed by atoms with van der Waals surface area (Å²) < 4.78 is 13.9. The van der Waals surface area contributed by atoms with Crippen LogP contribution in [-0.4, -0.2) is 10.8 Å². The van der Waals surface area contributed by atoms with Crippen LogP contribution in [-0.2, 0) is 16.9 Å². The van der Waals surface area contributed by atoms with Crippen molar-refractivity contribution in [3.05, 3.63) is 75.6 Å². The normalized spacial score (nSPS) is 13.3. The highest BCUT2D eigenvalue weighted by Gasteiger charge is 2.33. The zero-order chi connectivity index (χ0) is 17.0. The van der Waals surface area contributed by atoms with Crippen molar-refractivity contribution in [1.82, 2.24) is 5.32 Å². The number of halogens is 1. The molecule has 0 aliphatic heterocycles. The van der Waals surface area contributed by atoms with E-state index < -0.39 is 22.2 Å². The average molecular weight is 317 g/mol. The molecule has 0 saturated heterocycles. The highest BCUT2D eigenvalue weighted by atomic mass is 19.1. The van der Waals surface area contributed by atoms with Crippen molar-refractivity contribution in [2.75, 3.05) is 0 Å². The fraction of sp³-hybridized carbons (Fsp3) is 0.188. The quantitative estimate of drug-likeness (QED) is 0.630. The van der Waals surface area contributed by atoms with Gasteiger partial charge < -0.3 is 5.73 Å². The monoisotopic (exact) mass is 317 g/mol. The summed E-state index contributed by atoms with van der Waals surface area (Å²) in [5.41, 5.74) is 4.31. The van der Waals surface area contributed by atoms with Crippen LogP contribution in [0.2, 0.25) is 0 Å². The number of nitrogens with one attached hydrogen (secondary N) is 1. The van der Waals surface area contributed by atoms with Crippen molar-refractivity contribution in [3.8, 4) is 0 Å². The number of carbonyl (C=O) groups is 1. The summed E-state index contributed by atoms with van der Waals surface area (Å²) in [4.78, 5) is 22.2. The van der Waals surface area contributed by atoms with Crippen LogP contribution < -0.4 is 11.1 Å². The number of nitro groups is 1. The van der Waals surface area contributed by atoms with Gasteiger partial charge >= 0.3 is 0 Å². The number of hydrogen-bond acceptors (Lipinski definition) is 4. The molecule has 1 unspecified atom stereocenters. The van der Waals surface area contributed by atoms with Crippen LogP contribution in [0.4, 0.5) is 10.1 Å². The summed E-state index contributed by atoms with van der Waals surface area (Å²) in [7, 11) is 0. The molecule has 0 radical (unpaired) electrons. The van der Waals surface area contributed by atoms with Gasteiger partial charge in [0.1, 0.15) is 11.4 Å². The fourth-order valence-electron chi connectivity index (χ4n) is 2.26. The molecule has 1 atom stereocenters. The minimum Gasteiger partial charge on any atom is -0.368 e. The van der Waals surface area contributed by atoms with Crippen molar-refractivity contribution >= 4 is 11.6 Å². The Balaban J connectivity index is 2.35. The van der Waals surface area contributed by atoms with E-state index in [4.69, 9.17) is 5.73 Å². The van der Waals surface area contributed by atoms with E-state index in [1.54, 1.807) is 37.3 Å². The molecule has 6 nitrogen and oxygen atoms in total. The molecule has 0 aliphatic rings. The largest absolute Gasteiger partial charge is 0.368 e. The molecule has 2 rings (SSSR count). The van der Waals surface area contributed by atoms with Gasteiger partial charge in [-0.15, -0.1) is 0 Å². The van der Waals surface area contributed by atoms with Crippen molar-refractivity contribution in [2.45, 2.75) is 19.0 Å². The zero-order valence-corrected chi connectivity index (χ0v) is 12.5. The maximum absolute atomic E-state index is 13.9. The molecule has 2 aromatic carbocycles.